The van der Waals surface area contributed by atoms with Gasteiger partial charge in [-0.2, -0.15) is 5.26 Å². The second kappa shape index (κ2) is 8.91. The molecule has 0 saturated carbocycles. The van der Waals surface area contributed by atoms with E-state index < -0.39 is 18.6 Å². The van der Waals surface area contributed by atoms with Crippen molar-refractivity contribution < 1.29 is 19.7 Å². The molecule has 0 bridgehead atoms. The van der Waals surface area contributed by atoms with Crippen LogP contribution < -0.4 is 10.2 Å². The van der Waals surface area contributed by atoms with Crippen LogP contribution in [-0.2, 0) is 4.74 Å². The van der Waals surface area contributed by atoms with Crippen LogP contribution in [-0.4, -0.2) is 64.0 Å². The molecule has 4 rings (SSSR count). The molecule has 0 aromatic carbocycles. The zero-order valence-electron chi connectivity index (χ0n) is 16.5. The number of hydrogen-bond donors (Lipinski definition) is 3. The Bertz CT molecular complexity index is 1140. The summed E-state index contributed by atoms with van der Waals surface area (Å²) in [5, 5.41) is 32.2. The van der Waals surface area contributed by atoms with Gasteiger partial charge in [0.1, 0.15) is 17.6 Å². The summed E-state index contributed by atoms with van der Waals surface area (Å²) in [5.41, 5.74) is 1.04. The lowest BCUT2D eigenvalue weighted by Crippen LogP contribution is -2.36. The smallest absolute Gasteiger partial charge is 0.274 e. The fourth-order valence-corrected chi connectivity index (χ4v) is 3.35. The van der Waals surface area contributed by atoms with Crippen molar-refractivity contribution in [2.24, 2.45) is 0 Å². The maximum absolute atomic E-state index is 12.7. The first-order chi connectivity index (χ1) is 15.1. The summed E-state index contributed by atoms with van der Waals surface area (Å²) in [6.45, 7) is 2.32. The SMILES string of the molecule is N#Cc1ccc([C@@H](CO)NC(=O)c2ncc3nc(N4CCOCC4)ccc3c2O)cn1. The predicted molar refractivity (Wildman–Crippen MR) is 110 cm³/mol. The normalized spacial score (nSPS) is 14.8. The molecule has 31 heavy (non-hydrogen) atoms. The highest BCUT2D eigenvalue weighted by Gasteiger charge is 2.21. The first-order valence-corrected chi connectivity index (χ1v) is 9.70. The molecule has 0 radical (unpaired) electrons. The average Bonchev–Trinajstić information content (AvgIpc) is 2.83. The highest BCUT2D eigenvalue weighted by Crippen LogP contribution is 2.28. The van der Waals surface area contributed by atoms with E-state index in [9.17, 15) is 15.0 Å². The molecule has 0 spiro atoms. The van der Waals surface area contributed by atoms with Gasteiger partial charge in [0, 0.05) is 24.7 Å². The Hall–Kier alpha value is -3.81. The zero-order chi connectivity index (χ0) is 21.8. The van der Waals surface area contributed by atoms with Crippen LogP contribution in [0.4, 0.5) is 5.82 Å². The van der Waals surface area contributed by atoms with Crippen LogP contribution in [0.15, 0.2) is 36.7 Å². The number of carbonyl (C=O) groups is 1. The molecule has 3 aromatic rings. The Morgan fingerprint density at radius 2 is 2.03 bits per heavy atom. The van der Waals surface area contributed by atoms with E-state index in [4.69, 9.17) is 10.00 Å². The molecule has 0 aliphatic carbocycles. The van der Waals surface area contributed by atoms with Gasteiger partial charge in [0.15, 0.2) is 11.4 Å². The third-order valence-corrected chi connectivity index (χ3v) is 5.05. The molecular formula is C21H20N6O4. The van der Waals surface area contributed by atoms with Gasteiger partial charge in [0.05, 0.1) is 37.6 Å². The van der Waals surface area contributed by atoms with Crippen LogP contribution in [0, 0.1) is 11.3 Å². The molecule has 1 aliphatic heterocycles. The first kappa shape index (κ1) is 20.5. The number of ether oxygens (including phenoxy) is 1. The minimum absolute atomic E-state index is 0.173. The topological polar surface area (TPSA) is 144 Å². The summed E-state index contributed by atoms with van der Waals surface area (Å²) in [7, 11) is 0. The molecule has 1 fully saturated rings. The van der Waals surface area contributed by atoms with Gasteiger partial charge in [-0.1, -0.05) is 6.07 Å². The number of nitrogens with one attached hydrogen (secondary N) is 1. The number of nitrogens with zero attached hydrogens (tertiary/aromatic N) is 5. The minimum Gasteiger partial charge on any atom is -0.505 e. The molecule has 1 atom stereocenters. The molecule has 1 aliphatic rings. The predicted octanol–water partition coefficient (Wildman–Crippen LogP) is 0.902. The van der Waals surface area contributed by atoms with E-state index in [0.717, 1.165) is 18.9 Å². The third kappa shape index (κ3) is 4.23. The number of rotatable bonds is 5. The van der Waals surface area contributed by atoms with E-state index in [2.05, 4.69) is 25.2 Å². The van der Waals surface area contributed by atoms with Gasteiger partial charge >= 0.3 is 0 Å². The van der Waals surface area contributed by atoms with E-state index >= 15 is 0 Å². The van der Waals surface area contributed by atoms with Crippen molar-refractivity contribution in [3.63, 3.8) is 0 Å². The molecular weight excluding hydrogens is 400 g/mol. The number of amides is 1. The highest BCUT2D eigenvalue weighted by atomic mass is 16.5. The Morgan fingerprint density at radius 3 is 2.71 bits per heavy atom. The van der Waals surface area contributed by atoms with Gasteiger partial charge in [-0.15, -0.1) is 0 Å². The van der Waals surface area contributed by atoms with Crippen LogP contribution in [0.3, 0.4) is 0 Å². The maximum Gasteiger partial charge on any atom is 0.274 e. The number of morpholine rings is 1. The highest BCUT2D eigenvalue weighted by molar-refractivity contribution is 6.01. The molecule has 4 heterocycles. The second-order valence-corrected chi connectivity index (χ2v) is 6.95. The number of aromatic hydroxyl groups is 1. The quantitative estimate of drug-likeness (QED) is 0.548. The fourth-order valence-electron chi connectivity index (χ4n) is 3.35. The molecule has 0 unspecified atom stereocenters. The summed E-state index contributed by atoms with van der Waals surface area (Å²) in [6.07, 6.45) is 2.84. The lowest BCUT2D eigenvalue weighted by atomic mass is 10.1. The number of anilines is 1. The van der Waals surface area contributed by atoms with Gasteiger partial charge in [-0.25, -0.2) is 15.0 Å². The summed E-state index contributed by atoms with van der Waals surface area (Å²) in [6, 6.07) is 7.71. The zero-order valence-corrected chi connectivity index (χ0v) is 16.5. The summed E-state index contributed by atoms with van der Waals surface area (Å²) >= 11 is 0. The molecule has 158 valence electrons. The Labute approximate surface area is 177 Å². The number of hydrogen-bond acceptors (Lipinski definition) is 9. The molecule has 1 saturated heterocycles. The Balaban J connectivity index is 1.57. The first-order valence-electron chi connectivity index (χ1n) is 9.70. The van der Waals surface area contributed by atoms with Crippen LogP contribution in [0.1, 0.15) is 27.8 Å². The summed E-state index contributed by atoms with van der Waals surface area (Å²) in [4.78, 5) is 27.4. The van der Waals surface area contributed by atoms with Crippen molar-refractivity contribution in [1.82, 2.24) is 20.3 Å². The van der Waals surface area contributed by atoms with E-state index in [-0.39, 0.29) is 17.1 Å². The number of nitriles is 1. The van der Waals surface area contributed by atoms with E-state index in [1.807, 2.05) is 6.07 Å². The number of aromatic nitrogens is 3. The van der Waals surface area contributed by atoms with E-state index in [1.165, 1.54) is 18.5 Å². The van der Waals surface area contributed by atoms with Gasteiger partial charge in [-0.05, 0) is 23.8 Å². The third-order valence-electron chi connectivity index (χ3n) is 5.05. The molecule has 3 N–H and O–H groups in total. The minimum atomic E-state index is -0.772. The number of aliphatic hydroxyl groups excluding tert-OH is 1. The lowest BCUT2D eigenvalue weighted by molar-refractivity contribution is 0.0908. The van der Waals surface area contributed by atoms with Crippen molar-refractivity contribution in [1.29, 1.82) is 5.26 Å². The van der Waals surface area contributed by atoms with Crippen molar-refractivity contribution in [2.75, 3.05) is 37.8 Å². The number of fused-ring (bicyclic) bond motifs is 1. The lowest BCUT2D eigenvalue weighted by Gasteiger charge is -2.27. The van der Waals surface area contributed by atoms with Crippen molar-refractivity contribution in [3.8, 4) is 11.8 Å². The second-order valence-electron chi connectivity index (χ2n) is 6.95. The van der Waals surface area contributed by atoms with Crippen molar-refractivity contribution >= 4 is 22.6 Å². The number of carbonyl (C=O) groups excluding carboxylic acids is 1. The Morgan fingerprint density at radius 1 is 1.23 bits per heavy atom. The Kier molecular flexibility index (Phi) is 5.88. The summed E-state index contributed by atoms with van der Waals surface area (Å²) in [5.74, 6) is -0.186. The largest absolute Gasteiger partial charge is 0.505 e. The molecule has 3 aromatic heterocycles. The van der Waals surface area contributed by atoms with Gasteiger partial charge in [0.25, 0.3) is 5.91 Å². The molecule has 1 amide bonds. The monoisotopic (exact) mass is 420 g/mol. The molecule has 10 nitrogen and oxygen atoms in total. The van der Waals surface area contributed by atoms with E-state index in [1.54, 1.807) is 18.2 Å². The average molecular weight is 420 g/mol. The standard InChI is InChI=1S/C21H20N6O4/c22-9-14-2-1-13(10-23-14)17(12-28)26-21(30)19-20(29)15-3-4-18(25-16(15)11-24-19)27-5-7-31-8-6-27/h1-4,10-11,17,28-29H,5-8,12H2,(H,26,30)/t17-/m1/s1. The van der Waals surface area contributed by atoms with Crippen LogP contribution in [0.5, 0.6) is 5.75 Å². The van der Waals surface area contributed by atoms with Crippen molar-refractivity contribution in [3.05, 3.63) is 53.6 Å². The number of aliphatic hydroxyl groups is 1. The van der Waals surface area contributed by atoms with Crippen LogP contribution in [0.25, 0.3) is 10.9 Å². The summed E-state index contributed by atoms with van der Waals surface area (Å²) < 4.78 is 5.35. The van der Waals surface area contributed by atoms with Gasteiger partial charge < -0.3 is 25.2 Å². The number of pyridine rings is 3. The molecule has 10 heteroatoms. The fraction of sp³-hybridized carbons (Fsp3) is 0.286. The van der Waals surface area contributed by atoms with Gasteiger partial charge in [0.2, 0.25) is 0 Å². The van der Waals surface area contributed by atoms with Crippen molar-refractivity contribution in [2.45, 2.75) is 6.04 Å². The van der Waals surface area contributed by atoms with Crippen LogP contribution >= 0.6 is 0 Å². The van der Waals surface area contributed by atoms with E-state index in [0.29, 0.717) is 29.7 Å². The van der Waals surface area contributed by atoms with Gasteiger partial charge in [-0.3, -0.25) is 4.79 Å². The van der Waals surface area contributed by atoms with Crippen LogP contribution in [0.2, 0.25) is 0 Å². The maximum atomic E-state index is 12.7.